The van der Waals surface area contributed by atoms with Gasteiger partial charge < -0.3 is 4.90 Å². The first-order chi connectivity index (χ1) is 13.0. The highest BCUT2D eigenvalue weighted by Crippen LogP contribution is 2.40. The van der Waals surface area contributed by atoms with Crippen LogP contribution in [0.15, 0.2) is 43.5 Å². The molecule has 3 heterocycles. The van der Waals surface area contributed by atoms with Gasteiger partial charge in [0.25, 0.3) is 0 Å². The van der Waals surface area contributed by atoms with Gasteiger partial charge in [-0.3, -0.25) is 9.48 Å². The Hall–Kier alpha value is -2.96. The summed E-state index contributed by atoms with van der Waals surface area (Å²) in [5.74, 6) is 0.835. The van der Waals surface area contributed by atoms with E-state index in [0.29, 0.717) is 11.8 Å². The van der Waals surface area contributed by atoms with Crippen molar-refractivity contribution in [2.24, 2.45) is 13.0 Å². The molecule has 7 heteroatoms. The van der Waals surface area contributed by atoms with E-state index in [1.807, 2.05) is 49.5 Å². The summed E-state index contributed by atoms with van der Waals surface area (Å²) in [6.45, 7) is 4.33. The molecule has 0 saturated heterocycles. The Morgan fingerprint density at radius 2 is 2.22 bits per heavy atom. The molecule has 1 aliphatic rings. The van der Waals surface area contributed by atoms with Gasteiger partial charge >= 0.3 is 0 Å². The third kappa shape index (κ3) is 3.37. The number of aryl methyl sites for hydroxylation is 1. The fourth-order valence-electron chi connectivity index (χ4n) is 4.07. The highest BCUT2D eigenvalue weighted by molar-refractivity contribution is 5.86. The first-order valence-electron chi connectivity index (χ1n) is 9.26. The third-order valence-corrected chi connectivity index (χ3v) is 5.43. The van der Waals surface area contributed by atoms with Crippen LogP contribution in [0.2, 0.25) is 0 Å². The number of carbonyl (C=O) groups is 1. The second-order valence-corrected chi connectivity index (χ2v) is 7.37. The van der Waals surface area contributed by atoms with Crippen LogP contribution < -0.4 is 0 Å². The molecular formula is C20H24N6O. The second kappa shape index (κ2) is 6.98. The quantitative estimate of drug-likeness (QED) is 0.653. The van der Waals surface area contributed by atoms with Crippen LogP contribution in [-0.2, 0) is 11.8 Å². The van der Waals surface area contributed by atoms with Gasteiger partial charge in [-0.25, -0.2) is 9.50 Å². The van der Waals surface area contributed by atoms with E-state index in [4.69, 9.17) is 4.98 Å². The Balaban J connectivity index is 1.61. The minimum absolute atomic E-state index is 0.0201. The van der Waals surface area contributed by atoms with E-state index >= 15 is 0 Å². The molecule has 0 aromatic carbocycles. The molecule has 7 nitrogen and oxygen atoms in total. The van der Waals surface area contributed by atoms with Crippen molar-refractivity contribution >= 4 is 11.4 Å². The topological polar surface area (TPSA) is 68.3 Å². The first-order valence-corrected chi connectivity index (χ1v) is 9.26. The summed E-state index contributed by atoms with van der Waals surface area (Å²) in [6, 6.07) is 2.02. The fourth-order valence-corrected chi connectivity index (χ4v) is 4.07. The highest BCUT2D eigenvalue weighted by Gasteiger charge is 2.30. The Kier molecular flexibility index (Phi) is 4.51. The largest absolute Gasteiger partial charge is 0.342 e. The minimum Gasteiger partial charge on any atom is -0.342 e. The van der Waals surface area contributed by atoms with Gasteiger partial charge in [-0.05, 0) is 37.3 Å². The Bertz CT molecular complexity index is 987. The minimum atomic E-state index is -0.0201. The zero-order valence-electron chi connectivity index (χ0n) is 15.7. The van der Waals surface area contributed by atoms with Crippen LogP contribution >= 0.6 is 0 Å². The second-order valence-electron chi connectivity index (χ2n) is 7.37. The van der Waals surface area contributed by atoms with E-state index in [9.17, 15) is 4.79 Å². The van der Waals surface area contributed by atoms with E-state index in [2.05, 4.69) is 16.8 Å². The average molecular weight is 364 g/mol. The number of aromatic nitrogens is 5. The molecule has 3 aromatic heterocycles. The molecular weight excluding hydrogens is 340 g/mol. The van der Waals surface area contributed by atoms with Crippen molar-refractivity contribution in [3.8, 4) is 11.3 Å². The molecule has 27 heavy (non-hydrogen) atoms. The van der Waals surface area contributed by atoms with Crippen molar-refractivity contribution in [1.82, 2.24) is 29.3 Å². The molecule has 0 radical (unpaired) electrons. The van der Waals surface area contributed by atoms with Crippen LogP contribution in [0.3, 0.4) is 0 Å². The van der Waals surface area contributed by atoms with Crippen LogP contribution in [0.1, 0.15) is 30.9 Å². The normalized spacial score (nSPS) is 19.5. The van der Waals surface area contributed by atoms with Gasteiger partial charge in [0.05, 0.1) is 35.5 Å². The molecule has 0 unspecified atom stereocenters. The molecule has 1 fully saturated rings. The molecule has 0 N–H and O–H groups in total. The van der Waals surface area contributed by atoms with Gasteiger partial charge in [0, 0.05) is 38.3 Å². The maximum absolute atomic E-state index is 11.8. The number of amides is 1. The number of carbonyl (C=O) groups excluding carboxylic acids is 1. The van der Waals surface area contributed by atoms with Crippen molar-refractivity contribution in [3.05, 3.63) is 49.2 Å². The lowest BCUT2D eigenvalue weighted by Crippen LogP contribution is -2.29. The molecule has 0 aliphatic heterocycles. The van der Waals surface area contributed by atoms with Gasteiger partial charge in [-0.2, -0.15) is 10.2 Å². The lowest BCUT2D eigenvalue weighted by atomic mass is 10.00. The lowest BCUT2D eigenvalue weighted by Gasteiger charge is -2.20. The number of nitrogens with zero attached hydrogens (tertiary/aromatic N) is 6. The zero-order valence-corrected chi connectivity index (χ0v) is 15.7. The zero-order chi connectivity index (χ0) is 19.0. The maximum Gasteiger partial charge on any atom is 0.245 e. The average Bonchev–Trinajstić information content (AvgIpc) is 3.40. The Morgan fingerprint density at radius 1 is 1.37 bits per heavy atom. The summed E-state index contributed by atoms with van der Waals surface area (Å²) in [7, 11) is 3.74. The first kappa shape index (κ1) is 17.5. The van der Waals surface area contributed by atoms with Crippen molar-refractivity contribution in [3.63, 3.8) is 0 Å². The van der Waals surface area contributed by atoms with Crippen molar-refractivity contribution in [2.75, 3.05) is 13.6 Å². The van der Waals surface area contributed by atoms with Gasteiger partial charge in [-0.1, -0.05) is 6.58 Å². The van der Waals surface area contributed by atoms with E-state index in [1.54, 1.807) is 9.58 Å². The molecule has 1 saturated carbocycles. The van der Waals surface area contributed by atoms with Gasteiger partial charge in [0.2, 0.25) is 5.91 Å². The Morgan fingerprint density at radius 3 is 2.96 bits per heavy atom. The molecule has 140 valence electrons. The molecule has 1 aliphatic carbocycles. The highest BCUT2D eigenvalue weighted by atomic mass is 16.2. The summed E-state index contributed by atoms with van der Waals surface area (Å²) in [5.41, 5.74) is 4.02. The van der Waals surface area contributed by atoms with Gasteiger partial charge in [0.15, 0.2) is 0 Å². The predicted molar refractivity (Wildman–Crippen MR) is 103 cm³/mol. The standard InChI is InChI=1S/C20H24N6O/c1-4-19(27)24(2)11-14-5-6-15(9-14)20-18-7-8-21-26(18)13-17(23-20)16-10-22-25(3)12-16/h4,7-8,10,12-15H,1,5-6,9,11H2,2-3H3/t14-,15-/m0/s1. The van der Waals surface area contributed by atoms with Crippen LogP contribution in [0.25, 0.3) is 16.8 Å². The van der Waals surface area contributed by atoms with E-state index < -0.39 is 0 Å². The van der Waals surface area contributed by atoms with Crippen LogP contribution in [0.4, 0.5) is 0 Å². The number of hydrogen-bond donors (Lipinski definition) is 0. The van der Waals surface area contributed by atoms with Gasteiger partial charge in [0.1, 0.15) is 0 Å². The monoisotopic (exact) mass is 364 g/mol. The van der Waals surface area contributed by atoms with E-state index in [1.165, 1.54) is 6.08 Å². The molecule has 0 bridgehead atoms. The fraction of sp³-hybridized carbons (Fsp3) is 0.400. The summed E-state index contributed by atoms with van der Waals surface area (Å²) in [6.07, 6.45) is 12.1. The summed E-state index contributed by atoms with van der Waals surface area (Å²) in [5, 5.41) is 8.69. The Labute approximate surface area is 158 Å². The van der Waals surface area contributed by atoms with E-state index in [-0.39, 0.29) is 5.91 Å². The number of fused-ring (bicyclic) bond motifs is 1. The smallest absolute Gasteiger partial charge is 0.245 e. The molecule has 4 rings (SSSR count). The lowest BCUT2D eigenvalue weighted by molar-refractivity contribution is -0.125. The molecule has 3 aromatic rings. The maximum atomic E-state index is 11.8. The SMILES string of the molecule is C=CC(=O)N(C)C[C@H]1CC[C@H](c2nc(-c3cnn(C)c3)cn3nccc23)C1. The predicted octanol–water partition coefficient (Wildman–Crippen LogP) is 2.66. The molecule has 0 spiro atoms. The number of likely N-dealkylation sites (N-methyl/N-ethyl adjacent to an activating group) is 1. The number of rotatable bonds is 5. The van der Waals surface area contributed by atoms with Crippen molar-refractivity contribution in [2.45, 2.75) is 25.2 Å². The third-order valence-electron chi connectivity index (χ3n) is 5.43. The molecule has 2 atom stereocenters. The van der Waals surface area contributed by atoms with Crippen LogP contribution in [-0.4, -0.2) is 48.8 Å². The summed E-state index contributed by atoms with van der Waals surface area (Å²) >= 11 is 0. The van der Waals surface area contributed by atoms with Crippen LogP contribution in [0.5, 0.6) is 0 Å². The van der Waals surface area contributed by atoms with E-state index in [0.717, 1.165) is 48.3 Å². The van der Waals surface area contributed by atoms with Crippen LogP contribution in [0, 0.1) is 5.92 Å². The van der Waals surface area contributed by atoms with Gasteiger partial charge in [-0.15, -0.1) is 0 Å². The van der Waals surface area contributed by atoms with Crippen molar-refractivity contribution < 1.29 is 4.79 Å². The number of hydrogen-bond acceptors (Lipinski definition) is 4. The summed E-state index contributed by atoms with van der Waals surface area (Å²) < 4.78 is 3.69. The molecule has 1 amide bonds. The van der Waals surface area contributed by atoms with Crippen molar-refractivity contribution in [1.29, 1.82) is 0 Å². The summed E-state index contributed by atoms with van der Waals surface area (Å²) in [4.78, 5) is 18.5.